The first-order valence-electron chi connectivity index (χ1n) is 8.02. The number of rotatable bonds is 4. The summed E-state index contributed by atoms with van der Waals surface area (Å²) in [5.41, 5.74) is 10.6. The van der Waals surface area contributed by atoms with Crippen LogP contribution in [-0.2, 0) is 6.42 Å². The zero-order valence-electron chi connectivity index (χ0n) is 13.4. The number of pyridine rings is 1. The molecule has 2 aromatic heterocycles. The zero-order chi connectivity index (χ0) is 17.2. The Kier molecular flexibility index (Phi) is 3.99. The summed E-state index contributed by atoms with van der Waals surface area (Å²) in [6.07, 6.45) is 1.71. The molecule has 124 valence electrons. The van der Waals surface area contributed by atoms with Crippen molar-refractivity contribution < 1.29 is 8.91 Å². The summed E-state index contributed by atoms with van der Waals surface area (Å²) in [4.78, 5) is 4.10. The van der Waals surface area contributed by atoms with Crippen LogP contribution in [0.3, 0.4) is 0 Å². The van der Waals surface area contributed by atoms with Crippen molar-refractivity contribution >= 4 is 11.0 Å². The third kappa shape index (κ3) is 3.02. The second kappa shape index (κ2) is 6.45. The minimum absolute atomic E-state index is 0.287. The van der Waals surface area contributed by atoms with E-state index in [1.807, 2.05) is 48.5 Å². The molecule has 5 heteroatoms. The lowest BCUT2D eigenvalue weighted by molar-refractivity contribution is 0.459. The minimum atomic E-state index is -0.355. The third-order valence-electron chi connectivity index (χ3n) is 4.21. The molecule has 0 saturated carbocycles. The smallest absolute Gasteiger partial charge is 0.167 e. The lowest BCUT2D eigenvalue weighted by atomic mass is 9.94. The molecule has 4 rings (SSSR count). The van der Waals surface area contributed by atoms with Gasteiger partial charge in [-0.25, -0.2) is 4.39 Å². The highest BCUT2D eigenvalue weighted by Gasteiger charge is 2.17. The standard InChI is InChI=1S/C20H16FN3O/c21-13-9-10-14(23-12-13)11-18(22)15-5-1-2-6-16(15)20-17-7-3-4-8-19(17)25-24-20/h1-10,12,18H,11,22H2. The average molecular weight is 333 g/mol. The van der Waals surface area contributed by atoms with Crippen molar-refractivity contribution in [3.8, 4) is 11.3 Å². The van der Waals surface area contributed by atoms with Crippen molar-refractivity contribution in [2.45, 2.75) is 12.5 Å². The van der Waals surface area contributed by atoms with E-state index in [1.165, 1.54) is 12.3 Å². The second-order valence-electron chi connectivity index (χ2n) is 5.89. The number of halogens is 1. The van der Waals surface area contributed by atoms with Gasteiger partial charge in [0.15, 0.2) is 5.58 Å². The van der Waals surface area contributed by atoms with Gasteiger partial charge in [-0.3, -0.25) is 4.98 Å². The van der Waals surface area contributed by atoms with Crippen LogP contribution in [0.4, 0.5) is 4.39 Å². The maximum Gasteiger partial charge on any atom is 0.167 e. The van der Waals surface area contributed by atoms with Gasteiger partial charge in [-0.1, -0.05) is 41.6 Å². The number of aromatic nitrogens is 2. The van der Waals surface area contributed by atoms with Crippen LogP contribution in [0.5, 0.6) is 0 Å². The lowest BCUT2D eigenvalue weighted by Gasteiger charge is -2.15. The van der Waals surface area contributed by atoms with Gasteiger partial charge in [-0.15, -0.1) is 0 Å². The monoisotopic (exact) mass is 333 g/mol. The van der Waals surface area contributed by atoms with Crippen molar-refractivity contribution in [3.63, 3.8) is 0 Å². The summed E-state index contributed by atoms with van der Waals surface area (Å²) in [7, 11) is 0. The highest BCUT2D eigenvalue weighted by molar-refractivity contribution is 5.92. The van der Waals surface area contributed by atoms with Crippen LogP contribution in [0, 0.1) is 5.82 Å². The van der Waals surface area contributed by atoms with Crippen molar-refractivity contribution in [1.82, 2.24) is 10.1 Å². The molecule has 4 aromatic rings. The molecule has 4 nitrogen and oxygen atoms in total. The Bertz CT molecular complexity index is 1010. The molecule has 0 fully saturated rings. The summed E-state index contributed by atoms with van der Waals surface area (Å²) in [6, 6.07) is 18.3. The van der Waals surface area contributed by atoms with E-state index >= 15 is 0 Å². The van der Waals surface area contributed by atoms with Gasteiger partial charge >= 0.3 is 0 Å². The van der Waals surface area contributed by atoms with Crippen molar-refractivity contribution in [2.75, 3.05) is 0 Å². The van der Waals surface area contributed by atoms with Gasteiger partial charge in [0.2, 0.25) is 0 Å². The molecule has 0 saturated heterocycles. The Morgan fingerprint density at radius 3 is 2.64 bits per heavy atom. The topological polar surface area (TPSA) is 64.9 Å². The molecule has 2 N–H and O–H groups in total. The fraction of sp³-hybridized carbons (Fsp3) is 0.100. The molecule has 25 heavy (non-hydrogen) atoms. The first-order valence-corrected chi connectivity index (χ1v) is 8.02. The van der Waals surface area contributed by atoms with Crippen molar-refractivity contribution in [2.24, 2.45) is 5.73 Å². The van der Waals surface area contributed by atoms with Crippen LogP contribution in [-0.4, -0.2) is 10.1 Å². The molecular formula is C20H16FN3O. The van der Waals surface area contributed by atoms with Gasteiger partial charge in [0.25, 0.3) is 0 Å². The number of hydrogen-bond acceptors (Lipinski definition) is 4. The molecule has 0 spiro atoms. The summed E-state index contributed by atoms with van der Waals surface area (Å²) in [6.45, 7) is 0. The fourth-order valence-electron chi connectivity index (χ4n) is 2.98. The maximum absolute atomic E-state index is 13.0. The highest BCUT2D eigenvalue weighted by Crippen LogP contribution is 2.33. The van der Waals surface area contributed by atoms with Crippen LogP contribution in [0.2, 0.25) is 0 Å². The van der Waals surface area contributed by atoms with Crippen LogP contribution < -0.4 is 5.73 Å². The third-order valence-corrected chi connectivity index (χ3v) is 4.21. The molecule has 0 aliphatic heterocycles. The van der Waals surface area contributed by atoms with E-state index in [2.05, 4.69) is 10.1 Å². The molecule has 1 atom stereocenters. The largest absolute Gasteiger partial charge is 0.356 e. The number of nitrogens with zero attached hydrogens (tertiary/aromatic N) is 2. The van der Waals surface area contributed by atoms with Crippen LogP contribution >= 0.6 is 0 Å². The number of para-hydroxylation sites is 1. The van der Waals surface area contributed by atoms with E-state index < -0.39 is 0 Å². The van der Waals surface area contributed by atoms with Crippen LogP contribution in [0.15, 0.2) is 71.4 Å². The van der Waals surface area contributed by atoms with Crippen LogP contribution in [0.25, 0.3) is 22.2 Å². The second-order valence-corrected chi connectivity index (χ2v) is 5.89. The van der Waals surface area contributed by atoms with Crippen molar-refractivity contribution in [3.05, 3.63) is 83.9 Å². The lowest BCUT2D eigenvalue weighted by Crippen LogP contribution is -2.15. The number of hydrogen-bond donors (Lipinski definition) is 1. The molecule has 0 radical (unpaired) electrons. The molecular weight excluding hydrogens is 317 g/mol. The van der Waals surface area contributed by atoms with Gasteiger partial charge in [-0.05, 0) is 29.8 Å². The average Bonchev–Trinajstić information content (AvgIpc) is 3.07. The molecule has 0 bridgehead atoms. The quantitative estimate of drug-likeness (QED) is 0.606. The Morgan fingerprint density at radius 1 is 1.00 bits per heavy atom. The number of fused-ring (bicyclic) bond motifs is 1. The molecule has 0 amide bonds. The van der Waals surface area contributed by atoms with E-state index in [4.69, 9.17) is 10.3 Å². The normalized spacial score (nSPS) is 12.4. The predicted molar refractivity (Wildman–Crippen MR) is 94.3 cm³/mol. The fourth-order valence-corrected chi connectivity index (χ4v) is 2.98. The van der Waals surface area contributed by atoms with E-state index in [0.717, 1.165) is 33.5 Å². The summed E-state index contributed by atoms with van der Waals surface area (Å²) in [5, 5.41) is 5.18. The molecule has 1 unspecified atom stereocenters. The number of benzene rings is 2. The molecule has 0 aliphatic rings. The van der Waals surface area contributed by atoms with Gasteiger partial charge in [0.05, 0.1) is 6.20 Å². The molecule has 2 aromatic carbocycles. The minimum Gasteiger partial charge on any atom is -0.356 e. The Balaban J connectivity index is 1.72. The predicted octanol–water partition coefficient (Wildman–Crippen LogP) is 4.27. The molecule has 2 heterocycles. The Morgan fingerprint density at radius 2 is 1.80 bits per heavy atom. The van der Waals surface area contributed by atoms with Crippen LogP contribution in [0.1, 0.15) is 17.3 Å². The highest BCUT2D eigenvalue weighted by atomic mass is 19.1. The number of nitrogens with two attached hydrogens (primary N) is 1. The van der Waals surface area contributed by atoms with Gasteiger partial charge in [-0.2, -0.15) is 0 Å². The van der Waals surface area contributed by atoms with E-state index in [-0.39, 0.29) is 11.9 Å². The van der Waals surface area contributed by atoms with E-state index in [9.17, 15) is 4.39 Å². The Hall–Kier alpha value is -3.05. The summed E-state index contributed by atoms with van der Waals surface area (Å²) in [5.74, 6) is -0.355. The van der Waals surface area contributed by atoms with E-state index in [0.29, 0.717) is 6.42 Å². The van der Waals surface area contributed by atoms with E-state index in [1.54, 1.807) is 6.07 Å². The van der Waals surface area contributed by atoms with Crippen molar-refractivity contribution in [1.29, 1.82) is 0 Å². The SMILES string of the molecule is NC(Cc1ccc(F)cn1)c1ccccc1-c1noc2ccccc12. The molecule has 0 aliphatic carbocycles. The first kappa shape index (κ1) is 15.5. The summed E-state index contributed by atoms with van der Waals surface area (Å²) < 4.78 is 18.5. The first-order chi connectivity index (χ1) is 12.2. The van der Waals surface area contributed by atoms with Gasteiger partial charge in [0.1, 0.15) is 11.5 Å². The maximum atomic E-state index is 13.0. The summed E-state index contributed by atoms with van der Waals surface area (Å²) >= 11 is 0. The zero-order valence-corrected chi connectivity index (χ0v) is 13.4. The Labute approximate surface area is 144 Å². The van der Waals surface area contributed by atoms with Gasteiger partial charge in [0, 0.05) is 29.1 Å². The van der Waals surface area contributed by atoms with Gasteiger partial charge < -0.3 is 10.3 Å².